The highest BCUT2D eigenvalue weighted by molar-refractivity contribution is 14.0. The largest absolute Gasteiger partial charge is 0.379 e. The summed E-state index contributed by atoms with van der Waals surface area (Å²) in [6, 6.07) is 4.80. The Morgan fingerprint density at radius 3 is 2.56 bits per heavy atom. The summed E-state index contributed by atoms with van der Waals surface area (Å²) < 4.78 is 5.60. The van der Waals surface area contributed by atoms with Crippen LogP contribution in [-0.2, 0) is 4.74 Å². The SMILES string of the molecule is CN=C(NCC(OC)C(C)(C)C)NC1CCN(c2cccs2)CC1.I. The summed E-state index contributed by atoms with van der Waals surface area (Å²) in [6.45, 7) is 9.53. The summed E-state index contributed by atoms with van der Waals surface area (Å²) in [6.07, 6.45) is 2.41. The van der Waals surface area contributed by atoms with Gasteiger partial charge in [0.15, 0.2) is 5.96 Å². The Labute approximate surface area is 173 Å². The van der Waals surface area contributed by atoms with Gasteiger partial charge in [-0.25, -0.2) is 0 Å². The van der Waals surface area contributed by atoms with E-state index in [9.17, 15) is 0 Å². The highest BCUT2D eigenvalue weighted by atomic mass is 127. The molecular formula is C18H33IN4OS. The van der Waals surface area contributed by atoms with Crippen LogP contribution in [0, 0.1) is 5.41 Å². The fraction of sp³-hybridized carbons (Fsp3) is 0.722. The van der Waals surface area contributed by atoms with Crippen molar-refractivity contribution in [3.05, 3.63) is 17.5 Å². The predicted molar refractivity (Wildman–Crippen MR) is 120 cm³/mol. The average Bonchev–Trinajstić information content (AvgIpc) is 3.08. The van der Waals surface area contributed by atoms with Crippen molar-refractivity contribution in [3.63, 3.8) is 0 Å². The summed E-state index contributed by atoms with van der Waals surface area (Å²) in [4.78, 5) is 6.84. The number of aliphatic imine (C=N–C) groups is 1. The van der Waals surface area contributed by atoms with Gasteiger partial charge in [-0.15, -0.1) is 35.3 Å². The number of ether oxygens (including phenoxy) is 1. The van der Waals surface area contributed by atoms with E-state index in [1.807, 2.05) is 18.4 Å². The molecule has 1 aliphatic rings. The number of hydrogen-bond donors (Lipinski definition) is 2. The molecule has 1 fully saturated rings. The van der Waals surface area contributed by atoms with Crippen LogP contribution in [0.25, 0.3) is 0 Å². The van der Waals surface area contributed by atoms with Gasteiger partial charge in [0.1, 0.15) is 0 Å². The molecule has 25 heavy (non-hydrogen) atoms. The fourth-order valence-electron chi connectivity index (χ4n) is 3.01. The van der Waals surface area contributed by atoms with Crippen LogP contribution >= 0.6 is 35.3 Å². The minimum atomic E-state index is 0. The maximum Gasteiger partial charge on any atom is 0.191 e. The van der Waals surface area contributed by atoms with Gasteiger partial charge in [0.25, 0.3) is 0 Å². The number of rotatable bonds is 5. The number of methoxy groups -OCH3 is 1. The zero-order valence-corrected chi connectivity index (χ0v) is 19.2. The molecule has 0 bridgehead atoms. The molecule has 144 valence electrons. The molecule has 0 saturated carbocycles. The van der Waals surface area contributed by atoms with Crippen LogP contribution in [0.1, 0.15) is 33.6 Å². The number of nitrogens with one attached hydrogen (secondary N) is 2. The van der Waals surface area contributed by atoms with E-state index < -0.39 is 0 Å². The van der Waals surface area contributed by atoms with Crippen molar-refractivity contribution in [2.45, 2.75) is 45.8 Å². The predicted octanol–water partition coefficient (Wildman–Crippen LogP) is 3.56. The zero-order valence-electron chi connectivity index (χ0n) is 16.0. The molecule has 1 aromatic rings. The van der Waals surface area contributed by atoms with Crippen LogP contribution in [0.2, 0.25) is 0 Å². The van der Waals surface area contributed by atoms with E-state index in [4.69, 9.17) is 4.74 Å². The first-order chi connectivity index (χ1) is 11.4. The molecule has 1 saturated heterocycles. The molecule has 1 aromatic heterocycles. The molecule has 2 heterocycles. The average molecular weight is 480 g/mol. The van der Waals surface area contributed by atoms with Crippen molar-refractivity contribution in [1.29, 1.82) is 0 Å². The van der Waals surface area contributed by atoms with Gasteiger partial charge in [-0.1, -0.05) is 20.8 Å². The van der Waals surface area contributed by atoms with Crippen molar-refractivity contribution in [3.8, 4) is 0 Å². The molecule has 1 atom stereocenters. The Morgan fingerprint density at radius 2 is 2.08 bits per heavy atom. The number of nitrogens with zero attached hydrogens (tertiary/aromatic N) is 2. The topological polar surface area (TPSA) is 48.9 Å². The number of anilines is 1. The smallest absolute Gasteiger partial charge is 0.191 e. The second-order valence-electron chi connectivity index (χ2n) is 7.40. The van der Waals surface area contributed by atoms with Crippen LogP contribution in [-0.4, -0.2) is 51.9 Å². The molecule has 0 aromatic carbocycles. The second-order valence-corrected chi connectivity index (χ2v) is 8.33. The van der Waals surface area contributed by atoms with Crippen LogP contribution in [0.5, 0.6) is 0 Å². The van der Waals surface area contributed by atoms with Gasteiger partial charge in [0.2, 0.25) is 0 Å². The summed E-state index contributed by atoms with van der Waals surface area (Å²) in [7, 11) is 3.60. The van der Waals surface area contributed by atoms with Crippen molar-refractivity contribution in [2.24, 2.45) is 10.4 Å². The first kappa shape index (κ1) is 22.5. The number of thiophene rings is 1. The van der Waals surface area contributed by atoms with Gasteiger partial charge in [0.05, 0.1) is 11.1 Å². The molecule has 2 N–H and O–H groups in total. The van der Waals surface area contributed by atoms with E-state index >= 15 is 0 Å². The molecule has 0 amide bonds. The minimum absolute atomic E-state index is 0. The van der Waals surface area contributed by atoms with Crippen molar-refractivity contribution in [2.75, 3.05) is 38.7 Å². The highest BCUT2D eigenvalue weighted by Crippen LogP contribution is 2.25. The second kappa shape index (κ2) is 10.6. The van der Waals surface area contributed by atoms with Crippen molar-refractivity contribution in [1.82, 2.24) is 10.6 Å². The van der Waals surface area contributed by atoms with E-state index in [0.29, 0.717) is 6.04 Å². The lowest BCUT2D eigenvalue weighted by molar-refractivity contribution is 0.0205. The Bertz CT molecular complexity index is 508. The Morgan fingerprint density at radius 1 is 1.40 bits per heavy atom. The fourth-order valence-corrected chi connectivity index (χ4v) is 3.80. The quantitative estimate of drug-likeness (QED) is 0.385. The van der Waals surface area contributed by atoms with E-state index in [1.165, 1.54) is 5.00 Å². The molecule has 0 spiro atoms. The van der Waals surface area contributed by atoms with Crippen molar-refractivity contribution >= 4 is 46.3 Å². The molecular weight excluding hydrogens is 447 g/mol. The molecule has 5 nitrogen and oxygen atoms in total. The first-order valence-corrected chi connectivity index (χ1v) is 9.60. The van der Waals surface area contributed by atoms with Crippen molar-refractivity contribution < 1.29 is 4.74 Å². The van der Waals surface area contributed by atoms with Gasteiger partial charge in [-0.3, -0.25) is 4.99 Å². The molecule has 1 aliphatic heterocycles. The number of halogens is 1. The normalized spacial score (nSPS) is 17.8. The molecule has 1 unspecified atom stereocenters. The first-order valence-electron chi connectivity index (χ1n) is 8.72. The summed E-state index contributed by atoms with van der Waals surface area (Å²) in [5.41, 5.74) is 0.104. The van der Waals surface area contributed by atoms with Crippen LogP contribution in [0.3, 0.4) is 0 Å². The summed E-state index contributed by atoms with van der Waals surface area (Å²) >= 11 is 1.82. The van der Waals surface area contributed by atoms with Gasteiger partial charge in [-0.2, -0.15) is 0 Å². The Hall–Kier alpha value is -0.540. The Kier molecular flexibility index (Phi) is 9.51. The monoisotopic (exact) mass is 480 g/mol. The number of guanidine groups is 1. The number of piperidine rings is 1. The van der Waals surface area contributed by atoms with E-state index in [2.05, 4.69) is 58.8 Å². The molecule has 0 aliphatic carbocycles. The van der Waals surface area contributed by atoms with Gasteiger partial charge < -0.3 is 20.3 Å². The van der Waals surface area contributed by atoms with Crippen LogP contribution in [0.4, 0.5) is 5.00 Å². The molecule has 0 radical (unpaired) electrons. The zero-order chi connectivity index (χ0) is 17.6. The maximum atomic E-state index is 5.60. The Balaban J connectivity index is 0.00000312. The molecule has 2 rings (SSSR count). The van der Waals surface area contributed by atoms with E-state index in [1.54, 1.807) is 7.11 Å². The van der Waals surface area contributed by atoms with Crippen LogP contribution in [0.15, 0.2) is 22.5 Å². The lowest BCUT2D eigenvalue weighted by Crippen LogP contribution is -2.51. The maximum absolute atomic E-state index is 5.60. The van der Waals surface area contributed by atoms with E-state index in [0.717, 1.165) is 38.4 Å². The third-order valence-electron chi connectivity index (χ3n) is 4.58. The van der Waals surface area contributed by atoms with Gasteiger partial charge in [-0.05, 0) is 35.8 Å². The summed E-state index contributed by atoms with van der Waals surface area (Å²) in [5, 5.41) is 10.5. The van der Waals surface area contributed by atoms with Crippen LogP contribution < -0.4 is 15.5 Å². The lowest BCUT2D eigenvalue weighted by Gasteiger charge is -2.34. The summed E-state index contributed by atoms with van der Waals surface area (Å²) in [5.74, 6) is 0.871. The highest BCUT2D eigenvalue weighted by Gasteiger charge is 2.25. The van der Waals surface area contributed by atoms with E-state index in [-0.39, 0.29) is 35.5 Å². The third-order valence-corrected chi connectivity index (χ3v) is 5.51. The number of hydrogen-bond acceptors (Lipinski definition) is 4. The minimum Gasteiger partial charge on any atom is -0.379 e. The third kappa shape index (κ3) is 6.94. The van der Waals surface area contributed by atoms with Gasteiger partial charge in [0, 0.05) is 39.8 Å². The molecule has 7 heteroatoms. The lowest BCUT2D eigenvalue weighted by atomic mass is 9.89. The van der Waals surface area contributed by atoms with Gasteiger partial charge >= 0.3 is 0 Å². The standard InChI is InChI=1S/C18H32N4OS.HI/c1-18(2,3)15(23-5)13-20-17(19-4)21-14-8-10-22(11-9-14)16-7-6-12-24-16;/h6-7,12,14-15H,8-11,13H2,1-5H3,(H2,19,20,21);1H.